The molecule has 0 saturated heterocycles. The first-order valence-electron chi connectivity index (χ1n) is 6.66. The molecule has 0 spiro atoms. The van der Waals surface area contributed by atoms with E-state index in [1.165, 1.54) is 6.42 Å². The molecule has 94 valence electrons. The van der Waals surface area contributed by atoms with Crippen LogP contribution in [0, 0.1) is 22.7 Å². The Morgan fingerprint density at radius 1 is 1.18 bits per heavy atom. The van der Waals surface area contributed by atoms with E-state index >= 15 is 0 Å². The topological polar surface area (TPSA) is 54.4 Å². The number of aliphatic carboxylic acids is 1. The van der Waals surface area contributed by atoms with Gasteiger partial charge in [-0.15, -0.1) is 0 Å². The molecule has 4 aliphatic rings. The van der Waals surface area contributed by atoms with Gasteiger partial charge >= 0.3 is 5.97 Å². The van der Waals surface area contributed by atoms with Gasteiger partial charge in [0.25, 0.3) is 0 Å². The van der Waals surface area contributed by atoms with E-state index in [0.717, 1.165) is 32.1 Å². The SMILES string of the molecule is CC(=O)C12CC3CC(CC(CC(=O)O)(C3)C1)C2. The first-order chi connectivity index (χ1) is 7.93. The molecule has 0 aromatic heterocycles. The van der Waals surface area contributed by atoms with Crippen molar-refractivity contribution in [3.63, 3.8) is 0 Å². The smallest absolute Gasteiger partial charge is 0.303 e. The summed E-state index contributed by atoms with van der Waals surface area (Å²) in [5, 5.41) is 9.11. The molecule has 4 fully saturated rings. The van der Waals surface area contributed by atoms with Crippen LogP contribution in [0.25, 0.3) is 0 Å². The summed E-state index contributed by atoms with van der Waals surface area (Å²) in [5.41, 5.74) is -0.207. The highest BCUT2D eigenvalue weighted by Crippen LogP contribution is 2.66. The van der Waals surface area contributed by atoms with E-state index in [1.54, 1.807) is 6.92 Å². The van der Waals surface area contributed by atoms with E-state index in [9.17, 15) is 9.59 Å². The molecular formula is C14H20O3. The number of carboxylic acid groups (broad SMARTS) is 1. The summed E-state index contributed by atoms with van der Waals surface area (Å²) in [6, 6.07) is 0. The van der Waals surface area contributed by atoms with Crippen molar-refractivity contribution in [1.29, 1.82) is 0 Å². The van der Waals surface area contributed by atoms with Crippen molar-refractivity contribution in [1.82, 2.24) is 0 Å². The van der Waals surface area contributed by atoms with E-state index in [-0.39, 0.29) is 17.3 Å². The van der Waals surface area contributed by atoms with Crippen LogP contribution in [0.15, 0.2) is 0 Å². The Morgan fingerprint density at radius 3 is 2.24 bits per heavy atom. The highest BCUT2D eigenvalue weighted by atomic mass is 16.4. The average molecular weight is 236 g/mol. The van der Waals surface area contributed by atoms with Crippen molar-refractivity contribution in [2.24, 2.45) is 22.7 Å². The van der Waals surface area contributed by atoms with Crippen LogP contribution in [0.2, 0.25) is 0 Å². The van der Waals surface area contributed by atoms with Gasteiger partial charge in [0.05, 0.1) is 6.42 Å². The summed E-state index contributed by atoms with van der Waals surface area (Å²) in [5.74, 6) is 0.839. The molecular weight excluding hydrogens is 216 g/mol. The summed E-state index contributed by atoms with van der Waals surface area (Å²) in [4.78, 5) is 23.1. The Balaban J connectivity index is 1.94. The zero-order valence-electron chi connectivity index (χ0n) is 10.4. The third-order valence-electron chi connectivity index (χ3n) is 5.46. The van der Waals surface area contributed by atoms with Gasteiger partial charge in [-0.05, 0) is 62.7 Å². The Morgan fingerprint density at radius 2 is 1.76 bits per heavy atom. The molecule has 4 rings (SSSR count). The second kappa shape index (κ2) is 3.33. The molecule has 1 N–H and O–H groups in total. The van der Waals surface area contributed by atoms with Gasteiger partial charge < -0.3 is 5.11 Å². The molecule has 2 atom stereocenters. The van der Waals surface area contributed by atoms with Crippen LogP contribution < -0.4 is 0 Å². The van der Waals surface area contributed by atoms with E-state index in [0.29, 0.717) is 17.6 Å². The first-order valence-corrected chi connectivity index (χ1v) is 6.66. The van der Waals surface area contributed by atoms with E-state index in [1.807, 2.05) is 0 Å². The summed E-state index contributed by atoms with van der Waals surface area (Å²) < 4.78 is 0. The maximum Gasteiger partial charge on any atom is 0.303 e. The highest BCUT2D eigenvalue weighted by molar-refractivity contribution is 5.83. The van der Waals surface area contributed by atoms with Crippen molar-refractivity contribution < 1.29 is 14.7 Å². The van der Waals surface area contributed by atoms with E-state index in [2.05, 4.69) is 0 Å². The largest absolute Gasteiger partial charge is 0.481 e. The van der Waals surface area contributed by atoms with Crippen LogP contribution in [0.5, 0.6) is 0 Å². The van der Waals surface area contributed by atoms with Gasteiger partial charge in [-0.2, -0.15) is 0 Å². The predicted molar refractivity (Wildman–Crippen MR) is 62.5 cm³/mol. The summed E-state index contributed by atoms with van der Waals surface area (Å²) in [7, 11) is 0. The maximum atomic E-state index is 12.0. The first kappa shape index (κ1) is 11.2. The molecule has 2 unspecified atom stereocenters. The molecule has 0 heterocycles. The number of rotatable bonds is 3. The quantitative estimate of drug-likeness (QED) is 0.819. The minimum atomic E-state index is -0.689. The molecule has 0 amide bonds. The Kier molecular flexibility index (Phi) is 2.20. The van der Waals surface area contributed by atoms with Crippen molar-refractivity contribution in [3.05, 3.63) is 0 Å². The number of hydrogen-bond donors (Lipinski definition) is 1. The standard InChI is InChI=1S/C14H20O3/c1-9(15)14-5-10-2-11(6-14)4-13(3-10,8-14)7-12(16)17/h10-11H,2-8H2,1H3,(H,16,17). The lowest BCUT2D eigenvalue weighted by molar-refractivity contribution is -0.162. The van der Waals surface area contributed by atoms with Crippen molar-refractivity contribution in [2.75, 3.05) is 0 Å². The Labute approximate surface area is 102 Å². The van der Waals surface area contributed by atoms with Crippen LogP contribution in [0.1, 0.15) is 51.9 Å². The van der Waals surface area contributed by atoms with Gasteiger partial charge in [-0.25, -0.2) is 0 Å². The van der Waals surface area contributed by atoms with Gasteiger partial charge in [0.15, 0.2) is 0 Å². The average Bonchev–Trinajstić information content (AvgIpc) is 2.12. The van der Waals surface area contributed by atoms with Gasteiger partial charge in [0.1, 0.15) is 5.78 Å². The van der Waals surface area contributed by atoms with Crippen LogP contribution in [-0.2, 0) is 9.59 Å². The fourth-order valence-electron chi connectivity index (χ4n) is 5.39. The fourth-order valence-corrected chi connectivity index (χ4v) is 5.39. The van der Waals surface area contributed by atoms with Crippen LogP contribution in [-0.4, -0.2) is 16.9 Å². The zero-order chi connectivity index (χ0) is 12.3. The third kappa shape index (κ3) is 1.62. The monoisotopic (exact) mass is 236 g/mol. The summed E-state index contributed by atoms with van der Waals surface area (Å²) in [6.07, 6.45) is 6.50. The van der Waals surface area contributed by atoms with Gasteiger partial charge in [-0.1, -0.05) is 0 Å². The lowest BCUT2D eigenvalue weighted by atomic mass is 9.43. The number of Topliss-reactive ketones (excluding diaryl/α,β-unsaturated/α-hetero) is 1. The van der Waals surface area contributed by atoms with Crippen LogP contribution in [0.4, 0.5) is 0 Å². The zero-order valence-corrected chi connectivity index (χ0v) is 10.4. The van der Waals surface area contributed by atoms with Gasteiger partial charge in [0.2, 0.25) is 0 Å². The minimum absolute atomic E-state index is 0.0540. The molecule has 0 aliphatic heterocycles. The molecule has 4 bridgehead atoms. The van der Waals surface area contributed by atoms with Crippen LogP contribution in [0.3, 0.4) is 0 Å². The Hall–Kier alpha value is -0.860. The number of carbonyl (C=O) groups is 2. The second-order valence-corrected chi connectivity index (χ2v) is 6.87. The predicted octanol–water partition coefficient (Wildman–Crippen LogP) is 2.64. The number of hydrogen-bond acceptors (Lipinski definition) is 2. The van der Waals surface area contributed by atoms with E-state index < -0.39 is 5.97 Å². The number of ketones is 1. The lowest BCUT2D eigenvalue weighted by Gasteiger charge is -2.61. The van der Waals surface area contributed by atoms with Gasteiger partial charge in [0, 0.05) is 5.41 Å². The second-order valence-electron chi connectivity index (χ2n) is 6.87. The minimum Gasteiger partial charge on any atom is -0.481 e. The molecule has 0 radical (unpaired) electrons. The summed E-state index contributed by atoms with van der Waals surface area (Å²) >= 11 is 0. The molecule has 3 nitrogen and oxygen atoms in total. The van der Waals surface area contributed by atoms with Crippen LogP contribution >= 0.6 is 0 Å². The normalized spacial score (nSPS) is 47.1. The summed E-state index contributed by atoms with van der Waals surface area (Å²) in [6.45, 7) is 1.71. The Bertz CT molecular complexity index is 371. The number of carboxylic acids is 1. The molecule has 4 saturated carbocycles. The van der Waals surface area contributed by atoms with Crippen molar-refractivity contribution in [3.8, 4) is 0 Å². The third-order valence-corrected chi connectivity index (χ3v) is 5.46. The van der Waals surface area contributed by atoms with Crippen molar-refractivity contribution >= 4 is 11.8 Å². The maximum absolute atomic E-state index is 12.0. The molecule has 0 aromatic carbocycles. The van der Waals surface area contributed by atoms with Gasteiger partial charge in [-0.3, -0.25) is 9.59 Å². The molecule has 17 heavy (non-hydrogen) atoms. The highest BCUT2D eigenvalue weighted by Gasteiger charge is 2.59. The number of carbonyl (C=O) groups excluding carboxylic acids is 1. The fraction of sp³-hybridized carbons (Fsp3) is 0.857. The van der Waals surface area contributed by atoms with E-state index in [4.69, 9.17) is 5.11 Å². The lowest BCUT2D eigenvalue weighted by Crippen LogP contribution is -2.55. The molecule has 0 aromatic rings. The molecule has 4 aliphatic carbocycles. The molecule has 3 heteroatoms. The van der Waals surface area contributed by atoms with Crippen molar-refractivity contribution in [2.45, 2.75) is 51.9 Å².